The first kappa shape index (κ1) is 32.3. The number of para-hydroxylation sites is 1. The van der Waals surface area contributed by atoms with E-state index in [9.17, 15) is 24.6 Å². The number of carbonyl (C=O) groups excluding carboxylic acids is 2. The number of aliphatic hydroxyl groups is 2. The Labute approximate surface area is 242 Å². The van der Waals surface area contributed by atoms with Gasteiger partial charge in [0.05, 0.1) is 30.7 Å². The minimum Gasteiger partial charge on any atom is -0.481 e. The van der Waals surface area contributed by atoms with Crippen molar-refractivity contribution in [1.29, 1.82) is 0 Å². The van der Waals surface area contributed by atoms with Gasteiger partial charge in [0.1, 0.15) is 6.10 Å². The number of anilines is 1. The lowest BCUT2D eigenvalue weighted by Gasteiger charge is -2.44. The molecule has 0 saturated carbocycles. The number of aliphatic carboxylic acids is 1. The van der Waals surface area contributed by atoms with E-state index in [1.54, 1.807) is 12.1 Å². The standard InChI is InChI=1S/C32H45NO8/c1-5-32(3,4)30(38)41-27-16-21(19-40-31(39)33-23-9-7-6-8-10-23)15-22-12-11-20(2)26(29(22)27)14-13-24(34)17-25(35)18-28(36)37/h6-12,15,20-21,24-27,29,34-35H,5,13-14,16-19H2,1-4H3,(H,33,39)(H,36,37)/t20-,21+,24+,25+,26-,27-,29-/m0/s1. The highest BCUT2D eigenvalue weighted by Crippen LogP contribution is 2.45. The lowest BCUT2D eigenvalue weighted by Crippen LogP contribution is -2.44. The fourth-order valence-corrected chi connectivity index (χ4v) is 5.61. The number of benzene rings is 1. The van der Waals surface area contributed by atoms with Crippen LogP contribution in [0.25, 0.3) is 0 Å². The molecule has 9 heteroatoms. The van der Waals surface area contributed by atoms with Gasteiger partial charge in [-0.05, 0) is 75.5 Å². The third-order valence-electron chi connectivity index (χ3n) is 8.41. The average molecular weight is 572 g/mol. The molecule has 4 N–H and O–H groups in total. The summed E-state index contributed by atoms with van der Waals surface area (Å²) >= 11 is 0. The third-order valence-corrected chi connectivity index (χ3v) is 8.41. The molecule has 1 aromatic rings. The number of carboxylic acid groups (broad SMARTS) is 1. The van der Waals surface area contributed by atoms with Crippen molar-refractivity contribution >= 4 is 23.7 Å². The van der Waals surface area contributed by atoms with Crippen molar-refractivity contribution in [3.8, 4) is 0 Å². The first-order valence-electron chi connectivity index (χ1n) is 14.6. The highest BCUT2D eigenvalue weighted by molar-refractivity contribution is 5.84. The Morgan fingerprint density at radius 2 is 1.83 bits per heavy atom. The van der Waals surface area contributed by atoms with Crippen LogP contribution in [-0.4, -0.2) is 58.3 Å². The number of rotatable bonds is 13. The lowest BCUT2D eigenvalue weighted by molar-refractivity contribution is -0.165. The molecule has 0 unspecified atom stereocenters. The molecular weight excluding hydrogens is 526 g/mol. The molecule has 2 aliphatic rings. The van der Waals surface area contributed by atoms with Crippen LogP contribution in [0.4, 0.5) is 10.5 Å². The number of allylic oxidation sites excluding steroid dienone is 2. The van der Waals surface area contributed by atoms with Crippen LogP contribution in [0, 0.1) is 29.1 Å². The molecule has 0 radical (unpaired) electrons. The zero-order chi connectivity index (χ0) is 30.2. The predicted octanol–water partition coefficient (Wildman–Crippen LogP) is 5.33. The largest absolute Gasteiger partial charge is 0.481 e. The van der Waals surface area contributed by atoms with Crippen LogP contribution in [0.3, 0.4) is 0 Å². The number of esters is 1. The normalized spacial score (nSPS) is 25.3. The summed E-state index contributed by atoms with van der Waals surface area (Å²) in [6.45, 7) is 7.91. The average Bonchev–Trinajstić information content (AvgIpc) is 2.91. The van der Waals surface area contributed by atoms with Crippen molar-refractivity contribution in [2.75, 3.05) is 11.9 Å². The summed E-state index contributed by atoms with van der Waals surface area (Å²) in [6.07, 6.45) is 5.02. The number of ether oxygens (including phenoxy) is 2. The van der Waals surface area contributed by atoms with Crippen molar-refractivity contribution in [2.24, 2.45) is 29.1 Å². The Bertz CT molecular complexity index is 1100. The molecule has 9 nitrogen and oxygen atoms in total. The summed E-state index contributed by atoms with van der Waals surface area (Å²) in [6, 6.07) is 9.05. The van der Waals surface area contributed by atoms with Gasteiger partial charge >= 0.3 is 18.0 Å². The Morgan fingerprint density at radius 3 is 2.49 bits per heavy atom. The fourth-order valence-electron chi connectivity index (χ4n) is 5.61. The van der Waals surface area contributed by atoms with Gasteiger partial charge in [-0.15, -0.1) is 0 Å². The third kappa shape index (κ3) is 9.43. The minimum absolute atomic E-state index is 0.00976. The Kier molecular flexibility index (Phi) is 11.5. The first-order valence-corrected chi connectivity index (χ1v) is 14.6. The van der Waals surface area contributed by atoms with Gasteiger partial charge in [0, 0.05) is 17.5 Å². The van der Waals surface area contributed by atoms with Gasteiger partial charge in [0.2, 0.25) is 0 Å². The van der Waals surface area contributed by atoms with Crippen molar-refractivity contribution < 1.29 is 39.2 Å². The van der Waals surface area contributed by atoms with Crippen LogP contribution in [0.15, 0.2) is 54.1 Å². The topological polar surface area (TPSA) is 142 Å². The van der Waals surface area contributed by atoms with Crippen LogP contribution >= 0.6 is 0 Å². The van der Waals surface area contributed by atoms with Gasteiger partial charge in [-0.25, -0.2) is 4.79 Å². The number of amides is 1. The van der Waals surface area contributed by atoms with Crippen molar-refractivity contribution in [3.63, 3.8) is 0 Å². The Morgan fingerprint density at radius 1 is 1.12 bits per heavy atom. The summed E-state index contributed by atoms with van der Waals surface area (Å²) in [5, 5.41) is 32.1. The molecule has 0 fully saturated rings. The van der Waals surface area contributed by atoms with E-state index in [0.29, 0.717) is 31.4 Å². The maximum Gasteiger partial charge on any atom is 0.411 e. The van der Waals surface area contributed by atoms with Crippen LogP contribution < -0.4 is 5.32 Å². The maximum absolute atomic E-state index is 13.2. The number of aliphatic hydroxyl groups excluding tert-OH is 2. The molecule has 1 aromatic carbocycles. The van der Waals surface area contributed by atoms with E-state index in [-0.39, 0.29) is 42.7 Å². The molecule has 0 spiro atoms. The Hall–Kier alpha value is -3.17. The zero-order valence-electron chi connectivity index (χ0n) is 24.5. The van der Waals surface area contributed by atoms with Crippen LogP contribution in [-0.2, 0) is 19.1 Å². The monoisotopic (exact) mass is 571 g/mol. The first-order chi connectivity index (χ1) is 19.4. The van der Waals surface area contributed by atoms with E-state index in [4.69, 9.17) is 14.6 Å². The van der Waals surface area contributed by atoms with Crippen LogP contribution in [0.5, 0.6) is 0 Å². The van der Waals surface area contributed by atoms with E-state index >= 15 is 0 Å². The lowest BCUT2D eigenvalue weighted by atomic mass is 9.65. The van der Waals surface area contributed by atoms with Gasteiger partial charge in [0.15, 0.2) is 0 Å². The van der Waals surface area contributed by atoms with Gasteiger partial charge in [-0.2, -0.15) is 0 Å². The summed E-state index contributed by atoms with van der Waals surface area (Å²) in [5.74, 6) is -1.42. The highest BCUT2D eigenvalue weighted by Gasteiger charge is 2.43. The summed E-state index contributed by atoms with van der Waals surface area (Å²) in [4.78, 5) is 36.5. The van der Waals surface area contributed by atoms with E-state index in [2.05, 4.69) is 30.5 Å². The molecule has 7 atom stereocenters. The number of hydrogen-bond donors (Lipinski definition) is 4. The van der Waals surface area contributed by atoms with Gasteiger partial charge in [-0.1, -0.05) is 50.3 Å². The summed E-state index contributed by atoms with van der Waals surface area (Å²) < 4.78 is 11.7. The molecule has 3 rings (SSSR count). The second-order valence-corrected chi connectivity index (χ2v) is 12.1. The van der Waals surface area contributed by atoms with E-state index in [1.165, 1.54) is 0 Å². The number of carbonyl (C=O) groups is 3. The highest BCUT2D eigenvalue weighted by atomic mass is 16.6. The number of hydrogen-bond acceptors (Lipinski definition) is 7. The number of nitrogens with one attached hydrogen (secondary N) is 1. The molecule has 0 heterocycles. The van der Waals surface area contributed by atoms with Crippen LogP contribution in [0.2, 0.25) is 0 Å². The molecule has 41 heavy (non-hydrogen) atoms. The van der Waals surface area contributed by atoms with Crippen molar-refractivity contribution in [2.45, 2.75) is 84.5 Å². The van der Waals surface area contributed by atoms with Crippen molar-refractivity contribution in [3.05, 3.63) is 54.1 Å². The maximum atomic E-state index is 13.2. The minimum atomic E-state index is -1.11. The number of carboxylic acids is 1. The van der Waals surface area contributed by atoms with Crippen molar-refractivity contribution in [1.82, 2.24) is 0 Å². The van der Waals surface area contributed by atoms with E-state index in [0.717, 1.165) is 5.57 Å². The van der Waals surface area contributed by atoms with E-state index in [1.807, 2.05) is 39.0 Å². The molecule has 0 aromatic heterocycles. The predicted molar refractivity (Wildman–Crippen MR) is 155 cm³/mol. The van der Waals surface area contributed by atoms with Gasteiger partial charge < -0.3 is 24.8 Å². The van der Waals surface area contributed by atoms with E-state index < -0.39 is 42.2 Å². The summed E-state index contributed by atoms with van der Waals surface area (Å²) in [5.41, 5.74) is 1.01. The SMILES string of the molecule is CCC(C)(C)C(=O)O[C@H]1C[C@H](COC(=O)Nc2ccccc2)C=C2C=C[C@H](C)[C@H](CC[C@@H](O)C[C@@H](O)CC(=O)O)[C@H]21. The summed E-state index contributed by atoms with van der Waals surface area (Å²) in [7, 11) is 0. The second-order valence-electron chi connectivity index (χ2n) is 12.1. The molecule has 0 saturated heterocycles. The molecule has 2 aliphatic carbocycles. The smallest absolute Gasteiger partial charge is 0.411 e. The molecule has 226 valence electrons. The molecular formula is C32H45NO8. The quantitative estimate of drug-likeness (QED) is 0.233. The second kappa shape index (κ2) is 14.6. The molecule has 0 bridgehead atoms. The van der Waals surface area contributed by atoms with Gasteiger partial charge in [-0.3, -0.25) is 14.9 Å². The zero-order valence-corrected chi connectivity index (χ0v) is 24.5. The van der Waals surface area contributed by atoms with Gasteiger partial charge in [0.25, 0.3) is 0 Å². The fraction of sp³-hybridized carbons (Fsp3) is 0.594. The van der Waals surface area contributed by atoms with Crippen LogP contribution in [0.1, 0.15) is 66.2 Å². The molecule has 1 amide bonds. The molecule has 0 aliphatic heterocycles. The Balaban J connectivity index is 1.75. The number of fused-ring (bicyclic) bond motifs is 1.